The highest BCUT2D eigenvalue weighted by atomic mass is 16.2. The van der Waals surface area contributed by atoms with Gasteiger partial charge in [0.2, 0.25) is 5.91 Å². The fourth-order valence-corrected chi connectivity index (χ4v) is 2.28. The standard InChI is InChI=1S/C18H31NO/c1-4-6-8-9-10-11-16(3)15-19(14-7-5-2)18(20)17-12-13-17/h6,8,11,17H,4-5,7,9-10,12-15H2,1-3H3. The third-order valence-electron chi connectivity index (χ3n) is 3.69. The number of hydrogen-bond acceptors (Lipinski definition) is 1. The van der Waals surface area contributed by atoms with Crippen LogP contribution in [-0.4, -0.2) is 23.9 Å². The van der Waals surface area contributed by atoms with E-state index in [1.165, 1.54) is 5.57 Å². The van der Waals surface area contributed by atoms with E-state index in [2.05, 4.69) is 43.9 Å². The van der Waals surface area contributed by atoms with Gasteiger partial charge in [0, 0.05) is 19.0 Å². The van der Waals surface area contributed by atoms with Crippen LogP contribution in [0.4, 0.5) is 0 Å². The van der Waals surface area contributed by atoms with E-state index in [4.69, 9.17) is 0 Å². The Balaban J connectivity index is 2.39. The van der Waals surface area contributed by atoms with Gasteiger partial charge in [0.05, 0.1) is 0 Å². The van der Waals surface area contributed by atoms with Crippen LogP contribution >= 0.6 is 0 Å². The summed E-state index contributed by atoms with van der Waals surface area (Å²) in [6.07, 6.45) is 14.5. The lowest BCUT2D eigenvalue weighted by Crippen LogP contribution is -2.34. The molecule has 0 spiro atoms. The van der Waals surface area contributed by atoms with E-state index in [-0.39, 0.29) is 0 Å². The molecule has 1 aliphatic rings. The van der Waals surface area contributed by atoms with Crippen molar-refractivity contribution in [1.82, 2.24) is 4.90 Å². The van der Waals surface area contributed by atoms with Crippen molar-refractivity contribution < 1.29 is 4.79 Å². The van der Waals surface area contributed by atoms with Crippen molar-refractivity contribution >= 4 is 5.91 Å². The Morgan fingerprint density at radius 1 is 1.20 bits per heavy atom. The average Bonchev–Trinajstić information content (AvgIpc) is 3.27. The molecule has 1 fully saturated rings. The molecule has 0 N–H and O–H groups in total. The molecule has 0 bridgehead atoms. The molecular formula is C18H31NO. The second-order valence-corrected chi connectivity index (χ2v) is 5.90. The lowest BCUT2D eigenvalue weighted by atomic mass is 10.1. The molecule has 2 nitrogen and oxygen atoms in total. The van der Waals surface area contributed by atoms with Crippen molar-refractivity contribution in [3.63, 3.8) is 0 Å². The smallest absolute Gasteiger partial charge is 0.225 e. The highest BCUT2D eigenvalue weighted by Gasteiger charge is 2.33. The van der Waals surface area contributed by atoms with Gasteiger partial charge < -0.3 is 4.90 Å². The van der Waals surface area contributed by atoms with Crippen LogP contribution in [0, 0.1) is 5.92 Å². The van der Waals surface area contributed by atoms with E-state index in [1.807, 2.05) is 0 Å². The summed E-state index contributed by atoms with van der Waals surface area (Å²) in [5.74, 6) is 0.726. The molecule has 114 valence electrons. The molecule has 2 heteroatoms. The first-order valence-electron chi connectivity index (χ1n) is 8.28. The predicted octanol–water partition coefficient (Wildman–Crippen LogP) is 4.72. The summed E-state index contributed by atoms with van der Waals surface area (Å²) in [5, 5.41) is 0. The highest BCUT2D eigenvalue weighted by Crippen LogP contribution is 2.31. The molecule has 0 aromatic heterocycles. The molecule has 0 aromatic carbocycles. The summed E-state index contributed by atoms with van der Waals surface area (Å²) in [6.45, 7) is 8.25. The first-order valence-corrected chi connectivity index (χ1v) is 8.28. The van der Waals surface area contributed by atoms with Crippen LogP contribution < -0.4 is 0 Å². The first-order chi connectivity index (χ1) is 9.69. The highest BCUT2D eigenvalue weighted by molar-refractivity contribution is 5.81. The Morgan fingerprint density at radius 3 is 2.55 bits per heavy atom. The quantitative estimate of drug-likeness (QED) is 0.418. The van der Waals surface area contributed by atoms with Gasteiger partial charge in [-0.25, -0.2) is 0 Å². The Bertz CT molecular complexity index is 339. The summed E-state index contributed by atoms with van der Waals surface area (Å²) in [5.41, 5.74) is 1.33. The molecule has 1 aliphatic carbocycles. The zero-order valence-corrected chi connectivity index (χ0v) is 13.5. The van der Waals surface area contributed by atoms with Crippen molar-refractivity contribution in [2.75, 3.05) is 13.1 Å². The summed E-state index contributed by atoms with van der Waals surface area (Å²) in [6, 6.07) is 0. The molecule has 1 rings (SSSR count). The van der Waals surface area contributed by atoms with E-state index in [1.54, 1.807) is 0 Å². The second kappa shape index (κ2) is 9.79. The lowest BCUT2D eigenvalue weighted by Gasteiger charge is -2.23. The van der Waals surface area contributed by atoms with Crippen LogP contribution in [0.1, 0.15) is 65.7 Å². The molecule has 0 saturated heterocycles. The van der Waals surface area contributed by atoms with E-state index >= 15 is 0 Å². The van der Waals surface area contributed by atoms with Crippen molar-refractivity contribution in [1.29, 1.82) is 0 Å². The summed E-state index contributed by atoms with van der Waals surface area (Å²) >= 11 is 0. The van der Waals surface area contributed by atoms with Gasteiger partial charge in [-0.15, -0.1) is 0 Å². The fourth-order valence-electron chi connectivity index (χ4n) is 2.28. The molecule has 0 heterocycles. The maximum Gasteiger partial charge on any atom is 0.225 e. The minimum Gasteiger partial charge on any atom is -0.338 e. The Kier molecular flexibility index (Phi) is 8.32. The van der Waals surface area contributed by atoms with E-state index in [0.29, 0.717) is 11.8 Å². The van der Waals surface area contributed by atoms with Crippen LogP contribution in [0.5, 0.6) is 0 Å². The zero-order chi connectivity index (χ0) is 14.8. The maximum absolute atomic E-state index is 12.2. The average molecular weight is 277 g/mol. The van der Waals surface area contributed by atoms with Gasteiger partial charge in [0.1, 0.15) is 0 Å². The fraction of sp³-hybridized carbons (Fsp3) is 0.722. The van der Waals surface area contributed by atoms with Crippen LogP contribution in [0.25, 0.3) is 0 Å². The normalized spacial score (nSPS) is 15.8. The SMILES string of the molecule is CCC=CCCC=C(C)CN(CCCC)C(=O)C1CC1. The number of amides is 1. The van der Waals surface area contributed by atoms with Crippen molar-refractivity contribution in [3.8, 4) is 0 Å². The monoisotopic (exact) mass is 277 g/mol. The summed E-state index contributed by atoms with van der Waals surface area (Å²) in [7, 11) is 0. The van der Waals surface area contributed by atoms with Gasteiger partial charge in [-0.3, -0.25) is 4.79 Å². The molecular weight excluding hydrogens is 246 g/mol. The van der Waals surface area contributed by atoms with Crippen LogP contribution in [0.2, 0.25) is 0 Å². The van der Waals surface area contributed by atoms with E-state index in [9.17, 15) is 4.79 Å². The number of rotatable bonds is 10. The van der Waals surface area contributed by atoms with Gasteiger partial charge in [-0.1, -0.05) is 44.1 Å². The van der Waals surface area contributed by atoms with Gasteiger partial charge in [-0.05, 0) is 45.4 Å². The Labute approximate surface area is 124 Å². The number of carbonyl (C=O) groups excluding carboxylic acids is 1. The van der Waals surface area contributed by atoms with E-state index in [0.717, 1.165) is 58.0 Å². The minimum absolute atomic E-state index is 0.340. The predicted molar refractivity (Wildman–Crippen MR) is 86.6 cm³/mol. The molecule has 0 radical (unpaired) electrons. The van der Waals surface area contributed by atoms with Crippen molar-refractivity contribution in [3.05, 3.63) is 23.8 Å². The number of hydrogen-bond donors (Lipinski definition) is 0. The first kappa shape index (κ1) is 17.0. The molecule has 20 heavy (non-hydrogen) atoms. The van der Waals surface area contributed by atoms with Crippen molar-refractivity contribution in [2.24, 2.45) is 5.92 Å². The largest absolute Gasteiger partial charge is 0.338 e. The van der Waals surface area contributed by atoms with Gasteiger partial charge in [-0.2, -0.15) is 0 Å². The third-order valence-corrected chi connectivity index (χ3v) is 3.69. The molecule has 0 unspecified atom stereocenters. The van der Waals surface area contributed by atoms with Crippen LogP contribution in [0.15, 0.2) is 23.8 Å². The zero-order valence-electron chi connectivity index (χ0n) is 13.5. The van der Waals surface area contributed by atoms with E-state index < -0.39 is 0 Å². The summed E-state index contributed by atoms with van der Waals surface area (Å²) < 4.78 is 0. The van der Waals surface area contributed by atoms with Crippen molar-refractivity contribution in [2.45, 2.75) is 65.7 Å². The lowest BCUT2D eigenvalue weighted by molar-refractivity contribution is -0.132. The Morgan fingerprint density at radius 2 is 1.95 bits per heavy atom. The third kappa shape index (κ3) is 6.93. The number of allylic oxidation sites excluding steroid dienone is 3. The summed E-state index contributed by atoms with van der Waals surface area (Å²) in [4.78, 5) is 14.3. The van der Waals surface area contributed by atoms with Crippen LogP contribution in [-0.2, 0) is 4.79 Å². The second-order valence-electron chi connectivity index (χ2n) is 5.90. The van der Waals surface area contributed by atoms with Gasteiger partial charge in [0.25, 0.3) is 0 Å². The van der Waals surface area contributed by atoms with Gasteiger partial charge in [0.15, 0.2) is 0 Å². The molecule has 0 atom stereocenters. The Hall–Kier alpha value is -1.05. The molecule has 0 aromatic rings. The number of carbonyl (C=O) groups is 1. The topological polar surface area (TPSA) is 20.3 Å². The molecule has 1 amide bonds. The minimum atomic E-state index is 0.340. The maximum atomic E-state index is 12.2. The molecule has 1 saturated carbocycles. The number of unbranched alkanes of at least 4 members (excludes halogenated alkanes) is 2. The number of nitrogens with zero attached hydrogens (tertiary/aromatic N) is 1. The molecule has 0 aliphatic heterocycles. The van der Waals surface area contributed by atoms with Crippen LogP contribution in [0.3, 0.4) is 0 Å². The van der Waals surface area contributed by atoms with Gasteiger partial charge >= 0.3 is 0 Å².